The van der Waals surface area contributed by atoms with Gasteiger partial charge in [-0.05, 0) is 42.9 Å². The van der Waals surface area contributed by atoms with E-state index >= 15 is 0 Å². The molecule has 27 heavy (non-hydrogen) atoms. The van der Waals surface area contributed by atoms with Crippen molar-refractivity contribution in [3.05, 3.63) is 23.8 Å². The minimum atomic E-state index is 0.281. The van der Waals surface area contributed by atoms with Crippen LogP contribution < -0.4 is 9.47 Å². The van der Waals surface area contributed by atoms with Gasteiger partial charge in [-0.2, -0.15) is 0 Å². The van der Waals surface area contributed by atoms with Gasteiger partial charge < -0.3 is 14.6 Å². The SMILES string of the molecule is OCC[C@H]1CN(Cc2ccc3c(c2)OCCO3)CCN1CC1CCCCC1. The van der Waals surface area contributed by atoms with Gasteiger partial charge in [0.25, 0.3) is 0 Å². The molecule has 0 amide bonds. The van der Waals surface area contributed by atoms with Gasteiger partial charge in [0.2, 0.25) is 0 Å². The maximum Gasteiger partial charge on any atom is 0.161 e. The third-order valence-electron chi connectivity index (χ3n) is 6.38. The molecule has 1 N–H and O–H groups in total. The van der Waals surface area contributed by atoms with Crippen molar-refractivity contribution in [2.45, 2.75) is 51.1 Å². The Bertz CT molecular complexity index is 603. The molecule has 2 heterocycles. The van der Waals surface area contributed by atoms with Gasteiger partial charge in [0.1, 0.15) is 13.2 Å². The summed E-state index contributed by atoms with van der Waals surface area (Å²) in [5.74, 6) is 2.60. The number of rotatable bonds is 6. The van der Waals surface area contributed by atoms with E-state index in [4.69, 9.17) is 9.47 Å². The van der Waals surface area contributed by atoms with Crippen LogP contribution >= 0.6 is 0 Å². The lowest BCUT2D eigenvalue weighted by atomic mass is 9.88. The van der Waals surface area contributed by atoms with Crippen LogP contribution in [0.15, 0.2) is 18.2 Å². The molecule has 5 nitrogen and oxygen atoms in total. The lowest BCUT2D eigenvalue weighted by Gasteiger charge is -2.43. The van der Waals surface area contributed by atoms with Crippen molar-refractivity contribution in [3.8, 4) is 11.5 Å². The highest BCUT2D eigenvalue weighted by Gasteiger charge is 2.29. The Hall–Kier alpha value is -1.30. The Labute approximate surface area is 163 Å². The molecule has 2 aliphatic heterocycles. The molecule has 0 spiro atoms. The van der Waals surface area contributed by atoms with Gasteiger partial charge in [0, 0.05) is 45.4 Å². The summed E-state index contributed by atoms with van der Waals surface area (Å²) < 4.78 is 11.4. The minimum absolute atomic E-state index is 0.281. The summed E-state index contributed by atoms with van der Waals surface area (Å²) in [6.07, 6.45) is 7.88. The number of fused-ring (bicyclic) bond motifs is 1. The first kappa shape index (κ1) is 19.0. The van der Waals surface area contributed by atoms with Crippen LogP contribution in [0.4, 0.5) is 0 Å². The summed E-state index contributed by atoms with van der Waals surface area (Å²) in [6, 6.07) is 6.80. The molecule has 1 aliphatic carbocycles. The number of piperazine rings is 1. The fourth-order valence-electron chi connectivity index (χ4n) is 4.91. The van der Waals surface area contributed by atoms with Crippen LogP contribution in [0.3, 0.4) is 0 Å². The highest BCUT2D eigenvalue weighted by Crippen LogP contribution is 2.31. The molecule has 150 valence electrons. The van der Waals surface area contributed by atoms with Crippen LogP contribution in [-0.4, -0.2) is 66.9 Å². The Balaban J connectivity index is 1.35. The molecule has 1 saturated carbocycles. The molecule has 2 fully saturated rings. The normalized spacial score (nSPS) is 24.9. The largest absolute Gasteiger partial charge is 0.486 e. The maximum absolute atomic E-state index is 9.57. The first-order valence-corrected chi connectivity index (χ1v) is 10.8. The summed E-state index contributed by atoms with van der Waals surface area (Å²) >= 11 is 0. The Morgan fingerprint density at radius 3 is 2.63 bits per heavy atom. The molecule has 0 radical (unpaired) electrons. The fourth-order valence-corrected chi connectivity index (χ4v) is 4.91. The summed E-state index contributed by atoms with van der Waals surface area (Å²) in [6.45, 7) is 6.98. The number of aliphatic hydroxyl groups is 1. The van der Waals surface area contributed by atoms with E-state index in [1.165, 1.54) is 44.2 Å². The molecule has 1 saturated heterocycles. The number of benzene rings is 1. The molecular formula is C22H34N2O3. The minimum Gasteiger partial charge on any atom is -0.486 e. The van der Waals surface area contributed by atoms with Gasteiger partial charge in [-0.15, -0.1) is 0 Å². The number of hydrogen-bond donors (Lipinski definition) is 1. The Kier molecular flexibility index (Phi) is 6.53. The molecule has 0 unspecified atom stereocenters. The van der Waals surface area contributed by atoms with Gasteiger partial charge >= 0.3 is 0 Å². The van der Waals surface area contributed by atoms with Crippen molar-refractivity contribution in [2.24, 2.45) is 5.92 Å². The van der Waals surface area contributed by atoms with E-state index in [9.17, 15) is 5.11 Å². The molecule has 5 heteroatoms. The monoisotopic (exact) mass is 374 g/mol. The number of ether oxygens (including phenoxy) is 2. The van der Waals surface area contributed by atoms with Crippen LogP contribution in [0, 0.1) is 5.92 Å². The van der Waals surface area contributed by atoms with Crippen molar-refractivity contribution < 1.29 is 14.6 Å². The van der Waals surface area contributed by atoms with Gasteiger partial charge in [-0.25, -0.2) is 0 Å². The van der Waals surface area contributed by atoms with E-state index in [1.54, 1.807) is 0 Å². The van der Waals surface area contributed by atoms with Gasteiger partial charge in [0.05, 0.1) is 0 Å². The number of nitrogens with zero attached hydrogens (tertiary/aromatic N) is 2. The van der Waals surface area contributed by atoms with E-state index < -0.39 is 0 Å². The highest BCUT2D eigenvalue weighted by molar-refractivity contribution is 5.43. The van der Waals surface area contributed by atoms with Crippen molar-refractivity contribution in [1.82, 2.24) is 9.80 Å². The third kappa shape index (κ3) is 4.95. The predicted molar refractivity (Wildman–Crippen MR) is 106 cm³/mol. The topological polar surface area (TPSA) is 45.2 Å². The maximum atomic E-state index is 9.57. The zero-order valence-corrected chi connectivity index (χ0v) is 16.4. The van der Waals surface area contributed by atoms with Gasteiger partial charge in [0.15, 0.2) is 11.5 Å². The molecule has 4 rings (SSSR count). The van der Waals surface area contributed by atoms with Gasteiger partial charge in [-0.3, -0.25) is 9.80 Å². The van der Waals surface area contributed by atoms with Crippen LogP contribution in [-0.2, 0) is 6.54 Å². The second kappa shape index (κ2) is 9.26. The standard InChI is InChI=1S/C22H34N2O3/c25-11-8-20-17-23(9-10-24(20)16-18-4-2-1-3-5-18)15-19-6-7-21-22(14-19)27-13-12-26-21/h6-7,14,18,20,25H,1-5,8-13,15-17H2/t20-/m0/s1. The summed E-state index contributed by atoms with van der Waals surface area (Å²) in [7, 11) is 0. The van der Waals surface area contributed by atoms with E-state index in [2.05, 4.69) is 21.9 Å². The van der Waals surface area contributed by atoms with Crippen LogP contribution in [0.1, 0.15) is 44.1 Å². The molecule has 1 aromatic rings. The second-order valence-corrected chi connectivity index (χ2v) is 8.38. The van der Waals surface area contributed by atoms with Crippen molar-refractivity contribution in [3.63, 3.8) is 0 Å². The summed E-state index contributed by atoms with van der Waals surface area (Å²) in [4.78, 5) is 5.19. The van der Waals surface area contributed by atoms with E-state index in [-0.39, 0.29) is 6.61 Å². The summed E-state index contributed by atoms with van der Waals surface area (Å²) in [5.41, 5.74) is 1.28. The van der Waals surface area contributed by atoms with Gasteiger partial charge in [-0.1, -0.05) is 25.3 Å². The molecule has 0 bridgehead atoms. The molecular weight excluding hydrogens is 340 g/mol. The van der Waals surface area contributed by atoms with Crippen molar-refractivity contribution in [2.75, 3.05) is 46.0 Å². The second-order valence-electron chi connectivity index (χ2n) is 8.38. The van der Waals surface area contributed by atoms with Crippen molar-refractivity contribution in [1.29, 1.82) is 0 Å². The van der Waals surface area contributed by atoms with E-state index in [0.29, 0.717) is 19.3 Å². The summed E-state index contributed by atoms with van der Waals surface area (Å²) in [5, 5.41) is 9.57. The quantitative estimate of drug-likeness (QED) is 0.830. The first-order chi connectivity index (χ1) is 13.3. The highest BCUT2D eigenvalue weighted by atomic mass is 16.6. The van der Waals surface area contributed by atoms with Crippen LogP contribution in [0.25, 0.3) is 0 Å². The Morgan fingerprint density at radius 2 is 1.81 bits per heavy atom. The Morgan fingerprint density at radius 1 is 1.00 bits per heavy atom. The molecule has 1 atom stereocenters. The molecule has 0 aromatic heterocycles. The predicted octanol–water partition coefficient (Wildman–Crippen LogP) is 2.91. The number of hydrogen-bond acceptors (Lipinski definition) is 5. The first-order valence-electron chi connectivity index (χ1n) is 10.8. The smallest absolute Gasteiger partial charge is 0.161 e. The fraction of sp³-hybridized carbons (Fsp3) is 0.727. The molecule has 1 aromatic carbocycles. The average Bonchev–Trinajstić information content (AvgIpc) is 2.71. The number of aliphatic hydroxyl groups excluding tert-OH is 1. The third-order valence-corrected chi connectivity index (χ3v) is 6.38. The van der Waals surface area contributed by atoms with Crippen LogP contribution in [0.5, 0.6) is 11.5 Å². The van der Waals surface area contributed by atoms with E-state index in [1.807, 2.05) is 6.07 Å². The van der Waals surface area contributed by atoms with E-state index in [0.717, 1.165) is 50.0 Å². The lowest BCUT2D eigenvalue weighted by Crippen LogP contribution is -2.54. The zero-order chi connectivity index (χ0) is 18.5. The average molecular weight is 375 g/mol. The van der Waals surface area contributed by atoms with Crippen LogP contribution in [0.2, 0.25) is 0 Å². The lowest BCUT2D eigenvalue weighted by molar-refractivity contribution is 0.0400. The zero-order valence-electron chi connectivity index (χ0n) is 16.4. The van der Waals surface area contributed by atoms with Crippen molar-refractivity contribution >= 4 is 0 Å². The molecule has 3 aliphatic rings.